The molecule has 1 atom stereocenters. The van der Waals surface area contributed by atoms with Crippen molar-refractivity contribution in [3.63, 3.8) is 0 Å². The second kappa shape index (κ2) is 8.66. The van der Waals surface area contributed by atoms with Crippen molar-refractivity contribution in [2.75, 3.05) is 33.5 Å². The van der Waals surface area contributed by atoms with E-state index < -0.39 is 0 Å². The molecular weight excluding hydrogens is 232 g/mol. The molecule has 4 heteroatoms. The van der Waals surface area contributed by atoms with Gasteiger partial charge < -0.3 is 14.2 Å². The fourth-order valence-corrected chi connectivity index (χ4v) is 1.52. The Morgan fingerprint density at radius 1 is 1.44 bits per heavy atom. The molecule has 0 aromatic rings. The maximum Gasteiger partial charge on any atom is 0.313 e. The van der Waals surface area contributed by atoms with E-state index in [0.29, 0.717) is 26.2 Å². The third-order valence-electron chi connectivity index (χ3n) is 2.57. The minimum atomic E-state index is -0.207. The standard InChI is InChI=1S/C14H20O4/c1-3-12-4-6-13(7-5-12)14(15)18-11-10-17-9-8-16-2/h3-6,13H,1,7-11H2,2H3/t13-/m1/s1. The molecule has 0 spiro atoms. The summed E-state index contributed by atoms with van der Waals surface area (Å²) in [6.07, 6.45) is 8.15. The molecular formula is C14H20O4. The number of allylic oxidation sites excluding steroid dienone is 4. The summed E-state index contributed by atoms with van der Waals surface area (Å²) in [6, 6.07) is 0. The fraction of sp³-hybridized carbons (Fsp3) is 0.500. The Morgan fingerprint density at radius 3 is 2.83 bits per heavy atom. The molecule has 0 aromatic carbocycles. The van der Waals surface area contributed by atoms with Gasteiger partial charge in [0.2, 0.25) is 0 Å². The summed E-state index contributed by atoms with van der Waals surface area (Å²) in [4.78, 5) is 11.7. The minimum Gasteiger partial charge on any atom is -0.463 e. The van der Waals surface area contributed by atoms with E-state index in [2.05, 4.69) is 6.58 Å². The highest BCUT2D eigenvalue weighted by atomic mass is 16.6. The zero-order chi connectivity index (χ0) is 13.2. The highest BCUT2D eigenvalue weighted by Gasteiger charge is 2.17. The van der Waals surface area contributed by atoms with Crippen molar-refractivity contribution in [3.8, 4) is 0 Å². The Morgan fingerprint density at radius 2 is 2.22 bits per heavy atom. The molecule has 0 heterocycles. The van der Waals surface area contributed by atoms with Crippen LogP contribution in [-0.2, 0) is 19.0 Å². The highest BCUT2D eigenvalue weighted by Crippen LogP contribution is 2.18. The van der Waals surface area contributed by atoms with Crippen molar-refractivity contribution in [2.24, 2.45) is 5.92 Å². The number of hydrogen-bond acceptors (Lipinski definition) is 4. The molecule has 0 aromatic heterocycles. The summed E-state index contributed by atoms with van der Waals surface area (Å²) < 4.78 is 15.1. The summed E-state index contributed by atoms with van der Waals surface area (Å²) in [5.74, 6) is -0.395. The lowest BCUT2D eigenvalue weighted by atomic mass is 9.97. The van der Waals surface area contributed by atoms with Crippen molar-refractivity contribution in [2.45, 2.75) is 6.42 Å². The first-order valence-electron chi connectivity index (χ1n) is 6.02. The van der Waals surface area contributed by atoms with Crippen LogP contribution in [0.2, 0.25) is 0 Å². The third kappa shape index (κ3) is 5.29. The van der Waals surface area contributed by atoms with Gasteiger partial charge in [-0.2, -0.15) is 0 Å². The van der Waals surface area contributed by atoms with E-state index in [1.807, 2.05) is 18.2 Å². The molecule has 4 nitrogen and oxygen atoms in total. The topological polar surface area (TPSA) is 44.8 Å². The zero-order valence-corrected chi connectivity index (χ0v) is 10.8. The number of carbonyl (C=O) groups excluding carboxylic acids is 1. The predicted octanol–water partition coefficient (Wildman–Crippen LogP) is 1.88. The summed E-state index contributed by atoms with van der Waals surface area (Å²) in [6.45, 7) is 5.43. The van der Waals surface area contributed by atoms with Gasteiger partial charge in [0.15, 0.2) is 0 Å². The second-order valence-corrected chi connectivity index (χ2v) is 3.88. The second-order valence-electron chi connectivity index (χ2n) is 3.88. The van der Waals surface area contributed by atoms with E-state index in [4.69, 9.17) is 14.2 Å². The number of rotatable bonds is 8. The van der Waals surface area contributed by atoms with Crippen molar-refractivity contribution in [1.29, 1.82) is 0 Å². The predicted molar refractivity (Wildman–Crippen MR) is 69.2 cm³/mol. The van der Waals surface area contributed by atoms with E-state index in [9.17, 15) is 4.79 Å². The molecule has 1 rings (SSSR count). The first kappa shape index (κ1) is 14.7. The average Bonchev–Trinajstić information content (AvgIpc) is 2.42. The Balaban J connectivity index is 2.13. The normalized spacial score (nSPS) is 18.3. The van der Waals surface area contributed by atoms with Gasteiger partial charge in [0, 0.05) is 7.11 Å². The third-order valence-corrected chi connectivity index (χ3v) is 2.57. The van der Waals surface area contributed by atoms with E-state index in [1.54, 1.807) is 13.2 Å². The fourth-order valence-electron chi connectivity index (χ4n) is 1.52. The molecule has 0 N–H and O–H groups in total. The van der Waals surface area contributed by atoms with Crippen LogP contribution in [-0.4, -0.2) is 39.5 Å². The van der Waals surface area contributed by atoms with Gasteiger partial charge in [-0.1, -0.05) is 30.9 Å². The van der Waals surface area contributed by atoms with Crippen molar-refractivity contribution < 1.29 is 19.0 Å². The lowest BCUT2D eigenvalue weighted by molar-refractivity contribution is -0.148. The van der Waals surface area contributed by atoms with Crippen LogP contribution < -0.4 is 0 Å². The van der Waals surface area contributed by atoms with Gasteiger partial charge in [0.1, 0.15) is 6.61 Å². The molecule has 18 heavy (non-hydrogen) atoms. The van der Waals surface area contributed by atoms with E-state index in [0.717, 1.165) is 5.57 Å². The summed E-state index contributed by atoms with van der Waals surface area (Å²) in [5, 5.41) is 0. The molecule has 100 valence electrons. The molecule has 0 bridgehead atoms. The van der Waals surface area contributed by atoms with Crippen LogP contribution in [0.15, 0.2) is 36.5 Å². The largest absolute Gasteiger partial charge is 0.463 e. The van der Waals surface area contributed by atoms with E-state index in [-0.39, 0.29) is 18.5 Å². The monoisotopic (exact) mass is 252 g/mol. The molecule has 1 aliphatic rings. The molecule has 0 saturated carbocycles. The Kier molecular flexibility index (Phi) is 7.06. The van der Waals surface area contributed by atoms with Gasteiger partial charge in [-0.25, -0.2) is 0 Å². The molecule has 0 radical (unpaired) electrons. The molecule has 0 unspecified atom stereocenters. The average molecular weight is 252 g/mol. The number of ether oxygens (including phenoxy) is 3. The number of esters is 1. The van der Waals surface area contributed by atoms with Crippen molar-refractivity contribution in [1.82, 2.24) is 0 Å². The quantitative estimate of drug-likeness (QED) is 0.489. The molecule has 0 saturated heterocycles. The maximum absolute atomic E-state index is 11.7. The van der Waals surface area contributed by atoms with Gasteiger partial charge in [-0.15, -0.1) is 0 Å². The summed E-state index contributed by atoms with van der Waals surface area (Å²) in [7, 11) is 1.61. The molecule has 0 fully saturated rings. The number of carbonyl (C=O) groups is 1. The first-order chi connectivity index (χ1) is 8.77. The van der Waals surface area contributed by atoms with E-state index in [1.165, 1.54) is 0 Å². The smallest absolute Gasteiger partial charge is 0.313 e. The van der Waals surface area contributed by atoms with Gasteiger partial charge in [0.25, 0.3) is 0 Å². The minimum absolute atomic E-state index is 0.187. The van der Waals surface area contributed by atoms with Gasteiger partial charge >= 0.3 is 5.97 Å². The summed E-state index contributed by atoms with van der Waals surface area (Å²) >= 11 is 0. The SMILES string of the molecule is C=CC1=CC[C@H](C(=O)OCCOCCOC)C=C1. The molecule has 0 aliphatic heterocycles. The van der Waals surface area contributed by atoms with Crippen LogP contribution in [0.4, 0.5) is 0 Å². The number of hydrogen-bond donors (Lipinski definition) is 0. The number of methoxy groups -OCH3 is 1. The van der Waals surface area contributed by atoms with Crippen LogP contribution in [0.25, 0.3) is 0 Å². The Bertz CT molecular complexity index is 331. The lowest BCUT2D eigenvalue weighted by Crippen LogP contribution is -2.19. The van der Waals surface area contributed by atoms with Crippen LogP contribution in [0.3, 0.4) is 0 Å². The molecule has 1 aliphatic carbocycles. The Labute approximate surface area is 108 Å². The Hall–Kier alpha value is -1.39. The van der Waals surface area contributed by atoms with Crippen LogP contribution in [0, 0.1) is 5.92 Å². The van der Waals surface area contributed by atoms with Gasteiger partial charge in [0.05, 0.1) is 25.7 Å². The first-order valence-corrected chi connectivity index (χ1v) is 6.02. The lowest BCUT2D eigenvalue weighted by Gasteiger charge is -2.14. The van der Waals surface area contributed by atoms with Crippen molar-refractivity contribution in [3.05, 3.63) is 36.5 Å². The highest BCUT2D eigenvalue weighted by molar-refractivity contribution is 5.75. The van der Waals surface area contributed by atoms with Gasteiger partial charge in [-0.05, 0) is 12.0 Å². The van der Waals surface area contributed by atoms with Crippen LogP contribution in [0.5, 0.6) is 0 Å². The van der Waals surface area contributed by atoms with Crippen molar-refractivity contribution >= 4 is 5.97 Å². The maximum atomic E-state index is 11.7. The van der Waals surface area contributed by atoms with Gasteiger partial charge in [-0.3, -0.25) is 4.79 Å². The molecule has 0 amide bonds. The van der Waals surface area contributed by atoms with Crippen LogP contribution >= 0.6 is 0 Å². The summed E-state index contributed by atoms with van der Waals surface area (Å²) in [5.41, 5.74) is 1.04. The van der Waals surface area contributed by atoms with Crippen LogP contribution in [0.1, 0.15) is 6.42 Å². The zero-order valence-electron chi connectivity index (χ0n) is 10.8. The van der Waals surface area contributed by atoms with E-state index >= 15 is 0 Å².